The minimum atomic E-state index is -0.176. The highest BCUT2D eigenvalue weighted by atomic mass is 16.2. The van der Waals surface area contributed by atoms with Gasteiger partial charge in [-0.25, -0.2) is 14.2 Å². The summed E-state index contributed by atoms with van der Waals surface area (Å²) in [6.45, 7) is 4.92. The van der Waals surface area contributed by atoms with Crippen molar-refractivity contribution in [3.05, 3.63) is 82.2 Å². The third-order valence-electron chi connectivity index (χ3n) is 5.05. The first kappa shape index (κ1) is 19.6. The lowest BCUT2D eigenvalue weighted by atomic mass is 10.1. The van der Waals surface area contributed by atoms with E-state index in [4.69, 9.17) is 0 Å². The average molecular weight is 404 g/mol. The summed E-state index contributed by atoms with van der Waals surface area (Å²) in [6, 6.07) is 13.5. The molecule has 8 nitrogen and oxygen atoms in total. The molecule has 0 aliphatic carbocycles. The van der Waals surface area contributed by atoms with Crippen molar-refractivity contribution >= 4 is 11.6 Å². The van der Waals surface area contributed by atoms with Crippen molar-refractivity contribution in [2.75, 3.05) is 6.54 Å². The van der Waals surface area contributed by atoms with Crippen molar-refractivity contribution in [1.29, 1.82) is 0 Å². The van der Waals surface area contributed by atoms with E-state index in [9.17, 15) is 9.59 Å². The standard InChI is InChI=1S/C22H24N6O2/c1-3-19-18(15-24-28(19)17-10-8-16(2)9-11-17)21(29)23-12-6-14-27-22(30)26-13-5-4-7-20(26)25-27/h4-5,7-11,13,15H,3,6,12,14H2,1-2H3,(H,23,29). The van der Waals surface area contributed by atoms with Crippen LogP contribution in [0.5, 0.6) is 0 Å². The van der Waals surface area contributed by atoms with Crippen LogP contribution in [0.15, 0.2) is 59.7 Å². The van der Waals surface area contributed by atoms with Gasteiger partial charge in [-0.15, -0.1) is 5.10 Å². The number of nitrogens with one attached hydrogen (secondary N) is 1. The molecule has 8 heteroatoms. The zero-order chi connectivity index (χ0) is 21.1. The van der Waals surface area contributed by atoms with Crippen LogP contribution in [0.1, 0.15) is 35.0 Å². The van der Waals surface area contributed by atoms with E-state index in [2.05, 4.69) is 15.5 Å². The van der Waals surface area contributed by atoms with E-state index < -0.39 is 0 Å². The Kier molecular flexibility index (Phi) is 5.47. The van der Waals surface area contributed by atoms with Crippen LogP contribution in [0, 0.1) is 6.92 Å². The fraction of sp³-hybridized carbons (Fsp3) is 0.273. The Hall–Kier alpha value is -3.68. The number of aryl methyl sites for hydroxylation is 2. The van der Waals surface area contributed by atoms with Gasteiger partial charge in [-0.05, 0) is 44.0 Å². The van der Waals surface area contributed by atoms with Crippen LogP contribution in [0.2, 0.25) is 0 Å². The van der Waals surface area contributed by atoms with E-state index >= 15 is 0 Å². The first-order valence-electron chi connectivity index (χ1n) is 10.0. The molecule has 0 bridgehead atoms. The Balaban J connectivity index is 1.40. The van der Waals surface area contributed by atoms with Crippen LogP contribution in [0.4, 0.5) is 0 Å². The molecule has 1 N–H and O–H groups in total. The van der Waals surface area contributed by atoms with Crippen LogP contribution < -0.4 is 11.0 Å². The zero-order valence-electron chi connectivity index (χ0n) is 17.1. The molecule has 0 aliphatic rings. The normalized spacial score (nSPS) is 11.1. The predicted molar refractivity (Wildman–Crippen MR) is 114 cm³/mol. The van der Waals surface area contributed by atoms with Gasteiger partial charge in [-0.1, -0.05) is 30.7 Å². The number of nitrogens with zero attached hydrogens (tertiary/aromatic N) is 5. The van der Waals surface area contributed by atoms with E-state index in [-0.39, 0.29) is 11.6 Å². The maximum atomic E-state index is 12.7. The van der Waals surface area contributed by atoms with Gasteiger partial charge in [0.25, 0.3) is 5.91 Å². The van der Waals surface area contributed by atoms with Crippen molar-refractivity contribution in [1.82, 2.24) is 29.3 Å². The maximum absolute atomic E-state index is 12.7. The molecule has 0 atom stereocenters. The van der Waals surface area contributed by atoms with Gasteiger partial charge in [0.1, 0.15) is 0 Å². The third kappa shape index (κ3) is 3.76. The van der Waals surface area contributed by atoms with Crippen LogP contribution in [-0.2, 0) is 13.0 Å². The molecule has 0 spiro atoms. The van der Waals surface area contributed by atoms with Crippen molar-refractivity contribution in [3.8, 4) is 5.69 Å². The molecule has 1 amide bonds. The Labute approximate surface area is 173 Å². The quantitative estimate of drug-likeness (QED) is 0.479. The number of pyridine rings is 1. The number of aromatic nitrogens is 5. The molecule has 4 aromatic rings. The highest BCUT2D eigenvalue weighted by molar-refractivity contribution is 5.95. The molecule has 4 rings (SSSR count). The molecule has 1 aromatic carbocycles. The van der Waals surface area contributed by atoms with Crippen molar-refractivity contribution in [2.45, 2.75) is 33.2 Å². The minimum absolute atomic E-state index is 0.160. The molecule has 154 valence electrons. The number of fused-ring (bicyclic) bond motifs is 1. The highest BCUT2D eigenvalue weighted by Crippen LogP contribution is 2.16. The second kappa shape index (κ2) is 8.36. The summed E-state index contributed by atoms with van der Waals surface area (Å²) in [5, 5.41) is 11.6. The second-order valence-corrected chi connectivity index (χ2v) is 7.15. The number of benzene rings is 1. The van der Waals surface area contributed by atoms with Crippen LogP contribution in [0.3, 0.4) is 0 Å². The molecular formula is C22H24N6O2. The summed E-state index contributed by atoms with van der Waals surface area (Å²) in [4.78, 5) is 25.0. The van der Waals surface area contributed by atoms with Gasteiger partial charge >= 0.3 is 5.69 Å². The van der Waals surface area contributed by atoms with E-state index in [1.54, 1.807) is 24.5 Å². The van der Waals surface area contributed by atoms with Crippen molar-refractivity contribution < 1.29 is 4.79 Å². The van der Waals surface area contributed by atoms with Gasteiger partial charge in [-0.3, -0.25) is 9.20 Å². The highest BCUT2D eigenvalue weighted by Gasteiger charge is 2.17. The summed E-state index contributed by atoms with van der Waals surface area (Å²) in [5.74, 6) is -0.160. The first-order valence-corrected chi connectivity index (χ1v) is 10.0. The number of amides is 1. The van der Waals surface area contributed by atoms with Gasteiger partial charge in [0.05, 0.1) is 23.1 Å². The Morgan fingerprint density at radius 2 is 1.93 bits per heavy atom. The maximum Gasteiger partial charge on any atom is 0.350 e. The number of rotatable bonds is 7. The van der Waals surface area contributed by atoms with Gasteiger partial charge in [0.2, 0.25) is 0 Å². The third-order valence-corrected chi connectivity index (χ3v) is 5.05. The van der Waals surface area contributed by atoms with Crippen molar-refractivity contribution in [3.63, 3.8) is 0 Å². The monoisotopic (exact) mass is 404 g/mol. The lowest BCUT2D eigenvalue weighted by Crippen LogP contribution is -2.28. The number of carbonyl (C=O) groups excluding carboxylic acids is 1. The number of hydrogen-bond acceptors (Lipinski definition) is 4. The zero-order valence-corrected chi connectivity index (χ0v) is 17.1. The van der Waals surface area contributed by atoms with Crippen molar-refractivity contribution in [2.24, 2.45) is 0 Å². The molecule has 3 aromatic heterocycles. The summed E-state index contributed by atoms with van der Waals surface area (Å²) in [5.41, 5.74) is 3.98. The van der Waals surface area contributed by atoms with Crippen LogP contribution >= 0.6 is 0 Å². The molecule has 0 saturated carbocycles. The van der Waals surface area contributed by atoms with Crippen LogP contribution in [-0.4, -0.2) is 36.4 Å². The van der Waals surface area contributed by atoms with Gasteiger partial charge < -0.3 is 5.32 Å². The minimum Gasteiger partial charge on any atom is -0.352 e. The lowest BCUT2D eigenvalue weighted by molar-refractivity contribution is 0.0951. The molecule has 0 saturated heterocycles. The smallest absolute Gasteiger partial charge is 0.350 e. The summed E-state index contributed by atoms with van der Waals surface area (Å²) >= 11 is 0. The Bertz CT molecular complexity index is 1230. The second-order valence-electron chi connectivity index (χ2n) is 7.15. The Morgan fingerprint density at radius 3 is 2.67 bits per heavy atom. The fourth-order valence-electron chi connectivity index (χ4n) is 3.45. The summed E-state index contributed by atoms with van der Waals surface area (Å²) < 4.78 is 4.74. The fourth-order valence-corrected chi connectivity index (χ4v) is 3.45. The lowest BCUT2D eigenvalue weighted by Gasteiger charge is -2.09. The summed E-state index contributed by atoms with van der Waals surface area (Å²) in [6.07, 6.45) is 4.60. The molecule has 0 radical (unpaired) electrons. The molecule has 0 aliphatic heterocycles. The van der Waals surface area contributed by atoms with E-state index in [0.29, 0.717) is 37.1 Å². The molecule has 0 fully saturated rings. The first-order chi connectivity index (χ1) is 14.6. The number of carbonyl (C=O) groups is 1. The van der Waals surface area contributed by atoms with E-state index in [1.165, 1.54) is 14.6 Å². The summed E-state index contributed by atoms with van der Waals surface area (Å²) in [7, 11) is 0. The predicted octanol–water partition coefficient (Wildman–Crippen LogP) is 2.37. The molecule has 0 unspecified atom stereocenters. The largest absolute Gasteiger partial charge is 0.352 e. The van der Waals surface area contributed by atoms with E-state index in [1.807, 2.05) is 48.9 Å². The number of hydrogen-bond donors (Lipinski definition) is 1. The van der Waals surface area contributed by atoms with Gasteiger partial charge in [0, 0.05) is 19.3 Å². The molecule has 30 heavy (non-hydrogen) atoms. The van der Waals surface area contributed by atoms with E-state index in [0.717, 1.165) is 11.4 Å². The SMILES string of the molecule is CCc1c(C(=O)NCCCn2nc3ccccn3c2=O)cnn1-c1ccc(C)cc1. The Morgan fingerprint density at radius 1 is 1.13 bits per heavy atom. The molecule has 3 heterocycles. The van der Waals surface area contributed by atoms with Gasteiger partial charge in [0.15, 0.2) is 5.65 Å². The van der Waals surface area contributed by atoms with Crippen LogP contribution in [0.25, 0.3) is 11.3 Å². The average Bonchev–Trinajstić information content (AvgIpc) is 3.33. The topological polar surface area (TPSA) is 86.2 Å². The molecular weight excluding hydrogens is 380 g/mol. The van der Waals surface area contributed by atoms with Gasteiger partial charge in [-0.2, -0.15) is 5.10 Å².